The highest BCUT2D eigenvalue weighted by Gasteiger charge is 2.34. The molecule has 0 spiro atoms. The first kappa shape index (κ1) is 65.5. The SMILES string of the molecule is CCOC(=O)C(=O)NNc1nc(C)nc2ccccc12.COc1nc(NNS(=O)Oc2cccc(C)c2)nc(OC)n1.Cc1ccc(C)c(OS(=O)NNc2ccnc(C(F)(F)F)n2)c1.Cc1ccc(OS(=O)NNc2ncc(C)cn2)cc1. The lowest BCUT2D eigenvalue weighted by Gasteiger charge is -2.11. The van der Waals surface area contributed by atoms with Gasteiger partial charge >= 0.3 is 63.9 Å². The zero-order valence-corrected chi connectivity index (χ0v) is 48.5. The predicted molar refractivity (Wildman–Crippen MR) is 304 cm³/mol. The first-order valence-electron chi connectivity index (χ1n) is 24.2. The van der Waals surface area contributed by atoms with Crippen LogP contribution in [0.4, 0.5) is 36.7 Å². The van der Waals surface area contributed by atoms with E-state index in [1.165, 1.54) is 20.3 Å². The molecule has 3 unspecified atom stereocenters. The van der Waals surface area contributed by atoms with E-state index in [1.54, 1.807) is 75.6 Å². The number of methoxy groups -OCH3 is 2. The highest BCUT2D eigenvalue weighted by atomic mass is 32.2. The van der Waals surface area contributed by atoms with Crippen molar-refractivity contribution >= 4 is 80.1 Å². The lowest BCUT2D eigenvalue weighted by molar-refractivity contribution is -0.154. The van der Waals surface area contributed by atoms with Crippen molar-refractivity contribution < 1.29 is 62.1 Å². The van der Waals surface area contributed by atoms with E-state index in [0.717, 1.165) is 44.9 Å². The monoisotopic (exact) mass is 1220 g/mol. The Hall–Kier alpha value is -9.35. The molecule has 0 radical (unpaired) electrons. The third kappa shape index (κ3) is 22.9. The van der Waals surface area contributed by atoms with Crippen LogP contribution < -0.4 is 63.6 Å². The van der Waals surface area contributed by atoms with Crippen molar-refractivity contribution in [3.63, 3.8) is 0 Å². The number of carbonyl (C=O) groups is 2. The van der Waals surface area contributed by atoms with E-state index in [2.05, 4.69) is 91.2 Å². The number of aromatic nitrogens is 9. The van der Waals surface area contributed by atoms with Gasteiger partial charge in [-0.3, -0.25) is 31.9 Å². The molecule has 4 aromatic heterocycles. The molecule has 0 aliphatic heterocycles. The fourth-order valence-electron chi connectivity index (χ4n) is 5.90. The van der Waals surface area contributed by atoms with Gasteiger partial charge in [-0.1, -0.05) is 54.1 Å². The molecule has 34 heteroatoms. The van der Waals surface area contributed by atoms with E-state index < -0.39 is 57.7 Å². The molecule has 4 heterocycles. The fraction of sp³-hybridized carbons (Fsp3) is 0.220. The third-order valence-corrected chi connectivity index (χ3v) is 11.6. The maximum Gasteiger partial charge on any atom is 0.451 e. The zero-order chi connectivity index (χ0) is 61.2. The number of halogens is 3. The summed E-state index contributed by atoms with van der Waals surface area (Å²) in [5.74, 6) is -0.561. The second-order valence-electron chi connectivity index (χ2n) is 16.4. The van der Waals surface area contributed by atoms with Crippen LogP contribution >= 0.6 is 0 Å². The number of aryl methyl sites for hydroxylation is 6. The molecule has 446 valence electrons. The number of alkyl halides is 3. The minimum atomic E-state index is -4.66. The molecular weight excluding hydrogens is 1170 g/mol. The number of esters is 1. The van der Waals surface area contributed by atoms with Crippen molar-refractivity contribution in [2.45, 2.75) is 54.6 Å². The highest BCUT2D eigenvalue weighted by molar-refractivity contribution is 7.79. The molecule has 84 heavy (non-hydrogen) atoms. The molecule has 1 amide bonds. The lowest BCUT2D eigenvalue weighted by atomic mass is 10.1. The van der Waals surface area contributed by atoms with Crippen LogP contribution in [0, 0.1) is 41.5 Å². The fourth-order valence-corrected chi connectivity index (χ4v) is 7.46. The summed E-state index contributed by atoms with van der Waals surface area (Å²) in [6.07, 6.45) is -0.415. The van der Waals surface area contributed by atoms with Crippen molar-refractivity contribution in [3.05, 3.63) is 155 Å². The standard InChI is InChI=1S/C13H13F3N4O2S.C13H14N4O3.C12H15N5O4S.C12H14N4O2S/c1-8-3-4-9(2)10(7-8)22-23(21)20-19-11-5-6-17-12(18-11)13(14,15)16;1-3-20-13(19)12(18)17-16-11-9-6-4-5-7-10(9)14-8(2)15-11;1-8-5-4-6-9(7-8)21-22(18)17-16-10-13-11(19-2)15-12(14-10)20-3;1-9-3-5-11(6-4-9)18-19(17)16-15-12-13-7-10(2)8-14-12/h3-7,20H,1-2H3,(H,17,18,19);4-7H,3H2,1-2H3,(H,17,18)(H,14,15,16);4-7,17H,1-3H3,(H,13,14,15,16);3-8,16H,1-2H3,(H,13,14,15). The molecule has 0 aliphatic carbocycles. The largest absolute Gasteiger partial charge is 0.467 e. The molecule has 0 fully saturated rings. The molecule has 0 saturated heterocycles. The Morgan fingerprint density at radius 3 is 1.82 bits per heavy atom. The first-order chi connectivity index (χ1) is 40.1. The number of carbonyl (C=O) groups excluding carboxylic acids is 2. The lowest BCUT2D eigenvalue weighted by Crippen LogP contribution is -2.37. The third-order valence-electron chi connectivity index (χ3n) is 9.74. The summed E-state index contributed by atoms with van der Waals surface area (Å²) in [6, 6.07) is 28.4. The number of hydrazine groups is 4. The Morgan fingerprint density at radius 2 is 1.18 bits per heavy atom. The molecule has 4 aromatic carbocycles. The van der Waals surface area contributed by atoms with E-state index >= 15 is 0 Å². The number of nitrogens with zero attached hydrogens (tertiary/aromatic N) is 9. The average molecular weight is 1220 g/mol. The zero-order valence-electron chi connectivity index (χ0n) is 46.1. The van der Waals surface area contributed by atoms with Gasteiger partial charge in [0.05, 0.1) is 26.3 Å². The number of fused-ring (bicyclic) bond motifs is 1. The number of amides is 1. The number of hydrogen-bond acceptors (Lipinski definition) is 24. The van der Waals surface area contributed by atoms with Gasteiger partial charge in [0.1, 0.15) is 28.9 Å². The van der Waals surface area contributed by atoms with Crippen molar-refractivity contribution in [3.8, 4) is 29.3 Å². The summed E-state index contributed by atoms with van der Waals surface area (Å²) in [4.78, 5) is 64.2. The van der Waals surface area contributed by atoms with Gasteiger partial charge in [-0.05, 0) is 113 Å². The summed E-state index contributed by atoms with van der Waals surface area (Å²) in [7, 11) is 2.82. The molecule has 28 nitrogen and oxygen atoms in total. The quantitative estimate of drug-likeness (QED) is 0.0244. The number of benzene rings is 4. The topological polar surface area (TPSA) is 353 Å². The van der Waals surface area contributed by atoms with E-state index in [4.69, 9.17) is 22.0 Å². The molecule has 8 N–H and O–H groups in total. The first-order valence-corrected chi connectivity index (χ1v) is 27.4. The number of hydrogen-bond donors (Lipinski definition) is 8. The summed E-state index contributed by atoms with van der Waals surface area (Å²) < 4.78 is 103. The summed E-state index contributed by atoms with van der Waals surface area (Å²) >= 11 is -5.59. The van der Waals surface area contributed by atoms with Crippen LogP contribution in [-0.2, 0) is 54.3 Å². The molecule has 0 bridgehead atoms. The Morgan fingerprint density at radius 1 is 0.571 bits per heavy atom. The van der Waals surface area contributed by atoms with Gasteiger partial charge in [-0.25, -0.2) is 34.7 Å². The Kier molecular flexibility index (Phi) is 25.7. The van der Waals surface area contributed by atoms with Crippen LogP contribution in [0.5, 0.6) is 29.3 Å². The summed E-state index contributed by atoms with van der Waals surface area (Å²) in [5.41, 5.74) is 17.8. The highest BCUT2D eigenvalue weighted by Crippen LogP contribution is 2.26. The summed E-state index contributed by atoms with van der Waals surface area (Å²) in [6.45, 7) is 12.9. The molecular formula is C50H56F3N17O11S3. The maximum atomic E-state index is 12.5. The van der Waals surface area contributed by atoms with Gasteiger partial charge in [0.2, 0.25) is 17.7 Å². The van der Waals surface area contributed by atoms with Crippen LogP contribution in [0.2, 0.25) is 0 Å². The van der Waals surface area contributed by atoms with Gasteiger partial charge < -0.3 is 26.8 Å². The van der Waals surface area contributed by atoms with E-state index in [9.17, 15) is 35.4 Å². The van der Waals surface area contributed by atoms with Crippen molar-refractivity contribution in [1.82, 2.24) is 64.8 Å². The van der Waals surface area contributed by atoms with Gasteiger partial charge in [-0.15, -0.1) is 19.5 Å². The second-order valence-corrected chi connectivity index (χ2v) is 19.0. The normalized spacial score (nSPS) is 11.6. The minimum Gasteiger partial charge on any atom is -0.467 e. The Bertz CT molecular complexity index is 3510. The molecule has 8 rings (SSSR count). The Labute approximate surface area is 486 Å². The van der Waals surface area contributed by atoms with Gasteiger partial charge in [-0.2, -0.15) is 35.8 Å². The number of ether oxygens (including phenoxy) is 3. The van der Waals surface area contributed by atoms with Crippen LogP contribution in [0.1, 0.15) is 46.4 Å². The van der Waals surface area contributed by atoms with Crippen molar-refractivity contribution in [1.29, 1.82) is 0 Å². The van der Waals surface area contributed by atoms with E-state index in [-0.39, 0.29) is 30.4 Å². The number of para-hydroxylation sites is 1. The van der Waals surface area contributed by atoms with Crippen molar-refractivity contribution in [2.75, 3.05) is 42.5 Å². The van der Waals surface area contributed by atoms with E-state index in [0.29, 0.717) is 34.8 Å². The molecule has 0 saturated carbocycles. The number of rotatable bonds is 20. The predicted octanol–water partition coefficient (Wildman–Crippen LogP) is 6.07. The molecule has 3 atom stereocenters. The summed E-state index contributed by atoms with van der Waals surface area (Å²) in [5, 5.41) is 0.738. The maximum absolute atomic E-state index is 12.5. The van der Waals surface area contributed by atoms with Crippen LogP contribution in [0.3, 0.4) is 0 Å². The Balaban J connectivity index is 0.000000205. The molecule has 8 aromatic rings. The number of anilines is 4. The van der Waals surface area contributed by atoms with Gasteiger partial charge in [0.25, 0.3) is 0 Å². The smallest absolute Gasteiger partial charge is 0.451 e. The van der Waals surface area contributed by atoms with Crippen molar-refractivity contribution in [2.24, 2.45) is 0 Å². The van der Waals surface area contributed by atoms with Crippen LogP contribution in [0.15, 0.2) is 116 Å². The van der Waals surface area contributed by atoms with Crippen LogP contribution in [-0.4, -0.2) is 90.2 Å². The van der Waals surface area contributed by atoms with E-state index in [1.807, 2.05) is 76.2 Å². The van der Waals surface area contributed by atoms with Crippen LogP contribution in [0.25, 0.3) is 10.9 Å². The number of nitrogens with one attached hydrogen (secondary N) is 8. The second kappa shape index (κ2) is 32.9. The average Bonchev–Trinajstić information content (AvgIpc) is 3.50. The van der Waals surface area contributed by atoms with Gasteiger partial charge in [0, 0.05) is 30.0 Å². The minimum absolute atomic E-state index is 0.0570. The van der Waals surface area contributed by atoms with Gasteiger partial charge in [0.15, 0.2) is 5.82 Å². The molecule has 0 aliphatic rings.